The van der Waals surface area contributed by atoms with Crippen molar-refractivity contribution in [3.05, 3.63) is 35.8 Å². The van der Waals surface area contributed by atoms with Gasteiger partial charge in [-0.05, 0) is 37.5 Å². The van der Waals surface area contributed by atoms with Gasteiger partial charge < -0.3 is 14.4 Å². The molecule has 1 fully saturated rings. The summed E-state index contributed by atoms with van der Waals surface area (Å²) in [5.74, 6) is -1.09. The molecule has 1 unspecified atom stereocenters. The molecule has 1 amide bonds. The summed E-state index contributed by atoms with van der Waals surface area (Å²) in [6, 6.07) is 3.24. The molecule has 6 heteroatoms. The third-order valence-corrected chi connectivity index (χ3v) is 3.86. The lowest BCUT2D eigenvalue weighted by molar-refractivity contribution is -0.148. The lowest BCUT2D eigenvalue weighted by atomic mass is 10.2. The molecule has 3 rings (SSSR count). The Morgan fingerprint density at radius 2 is 2.29 bits per heavy atom. The number of carbonyl (C=O) groups is 2. The van der Waals surface area contributed by atoms with Gasteiger partial charge in [-0.1, -0.05) is 0 Å². The Morgan fingerprint density at radius 3 is 3.05 bits per heavy atom. The third-order valence-electron chi connectivity index (χ3n) is 3.86. The van der Waals surface area contributed by atoms with Crippen molar-refractivity contribution in [2.75, 3.05) is 6.54 Å². The minimum absolute atomic E-state index is 0.143. The van der Waals surface area contributed by atoms with E-state index in [4.69, 9.17) is 5.11 Å². The fourth-order valence-electron chi connectivity index (χ4n) is 2.80. The number of fused-ring (bicyclic) bond motifs is 1. The minimum Gasteiger partial charge on any atom is -0.480 e. The molecule has 1 N–H and O–H groups in total. The highest BCUT2D eigenvalue weighted by molar-refractivity contribution is 5.85. The zero-order valence-corrected chi connectivity index (χ0v) is 11.8. The molecule has 0 spiro atoms. The van der Waals surface area contributed by atoms with Crippen molar-refractivity contribution in [1.29, 1.82) is 0 Å². The number of hydrogen-bond donors (Lipinski definition) is 1. The molecule has 0 saturated carbocycles. The molecule has 1 aliphatic rings. The highest BCUT2D eigenvalue weighted by Gasteiger charge is 2.33. The van der Waals surface area contributed by atoms with E-state index in [2.05, 4.69) is 4.98 Å². The van der Waals surface area contributed by atoms with Crippen molar-refractivity contribution in [1.82, 2.24) is 14.3 Å². The van der Waals surface area contributed by atoms with E-state index in [1.165, 1.54) is 4.90 Å². The van der Waals surface area contributed by atoms with E-state index in [1.54, 1.807) is 0 Å². The molecular weight excluding hydrogens is 270 g/mol. The van der Waals surface area contributed by atoms with Crippen LogP contribution in [-0.2, 0) is 16.0 Å². The maximum Gasteiger partial charge on any atom is 0.326 e. The molecule has 2 aromatic heterocycles. The molecule has 3 heterocycles. The van der Waals surface area contributed by atoms with Crippen molar-refractivity contribution in [3.8, 4) is 0 Å². The van der Waals surface area contributed by atoms with Gasteiger partial charge >= 0.3 is 5.97 Å². The van der Waals surface area contributed by atoms with Crippen LogP contribution in [0.3, 0.4) is 0 Å². The van der Waals surface area contributed by atoms with Gasteiger partial charge in [0.25, 0.3) is 0 Å². The number of hydrogen-bond acceptors (Lipinski definition) is 3. The number of nitrogens with zero attached hydrogens (tertiary/aromatic N) is 3. The first-order chi connectivity index (χ1) is 10.0. The van der Waals surface area contributed by atoms with Crippen molar-refractivity contribution in [3.63, 3.8) is 0 Å². The Hall–Kier alpha value is -2.37. The molecule has 0 aliphatic carbocycles. The smallest absolute Gasteiger partial charge is 0.326 e. The van der Waals surface area contributed by atoms with Crippen LogP contribution in [-0.4, -0.2) is 43.9 Å². The van der Waals surface area contributed by atoms with E-state index in [-0.39, 0.29) is 12.3 Å². The predicted octanol–water partition coefficient (Wildman–Crippen LogP) is 1.26. The van der Waals surface area contributed by atoms with Crippen LogP contribution in [0.2, 0.25) is 0 Å². The largest absolute Gasteiger partial charge is 0.480 e. The van der Waals surface area contributed by atoms with Crippen molar-refractivity contribution in [2.24, 2.45) is 0 Å². The topological polar surface area (TPSA) is 74.9 Å². The van der Waals surface area contributed by atoms with Gasteiger partial charge in [0, 0.05) is 18.9 Å². The van der Waals surface area contributed by atoms with Gasteiger partial charge in [0.2, 0.25) is 5.91 Å². The summed E-state index contributed by atoms with van der Waals surface area (Å²) in [5, 5.41) is 9.13. The molecule has 1 aliphatic heterocycles. The summed E-state index contributed by atoms with van der Waals surface area (Å²) in [7, 11) is 0. The number of pyridine rings is 1. The zero-order chi connectivity index (χ0) is 15.0. The normalized spacial score (nSPS) is 18.3. The van der Waals surface area contributed by atoms with Crippen LogP contribution in [0.1, 0.15) is 24.1 Å². The summed E-state index contributed by atoms with van der Waals surface area (Å²) >= 11 is 0. The summed E-state index contributed by atoms with van der Waals surface area (Å²) in [4.78, 5) is 29.3. The SMILES string of the molecule is Cc1ccn2cc(CC(=O)N3CCCC3C(=O)O)nc2c1. The maximum absolute atomic E-state index is 12.3. The Morgan fingerprint density at radius 1 is 1.48 bits per heavy atom. The number of imidazole rings is 1. The quantitative estimate of drug-likeness (QED) is 0.922. The first-order valence-electron chi connectivity index (χ1n) is 7.01. The first-order valence-corrected chi connectivity index (χ1v) is 7.01. The lowest BCUT2D eigenvalue weighted by Gasteiger charge is -2.20. The Kier molecular flexibility index (Phi) is 3.37. The molecule has 1 atom stereocenters. The number of amides is 1. The minimum atomic E-state index is -0.925. The molecular formula is C15H17N3O3. The van der Waals surface area contributed by atoms with Gasteiger partial charge in [0.1, 0.15) is 11.7 Å². The Bertz CT molecular complexity index is 707. The standard InChI is InChI=1S/C15H17N3O3/c1-10-4-6-17-9-11(16-13(17)7-10)8-14(19)18-5-2-3-12(18)15(20)21/h4,6-7,9,12H,2-3,5,8H2,1H3,(H,20,21). The van der Waals surface area contributed by atoms with Crippen LogP contribution in [0.25, 0.3) is 5.65 Å². The highest BCUT2D eigenvalue weighted by Crippen LogP contribution is 2.19. The monoisotopic (exact) mass is 287 g/mol. The zero-order valence-electron chi connectivity index (χ0n) is 11.8. The fourth-order valence-corrected chi connectivity index (χ4v) is 2.80. The average molecular weight is 287 g/mol. The Labute approximate surface area is 122 Å². The molecule has 1 saturated heterocycles. The van der Waals surface area contributed by atoms with Gasteiger partial charge in [-0.2, -0.15) is 0 Å². The number of carbonyl (C=O) groups excluding carboxylic acids is 1. The Balaban J connectivity index is 1.78. The second kappa shape index (κ2) is 5.20. The van der Waals surface area contributed by atoms with Gasteiger partial charge in [-0.3, -0.25) is 4.79 Å². The molecule has 6 nitrogen and oxygen atoms in total. The van der Waals surface area contributed by atoms with Crippen LogP contribution in [0, 0.1) is 6.92 Å². The van der Waals surface area contributed by atoms with Gasteiger partial charge in [0.15, 0.2) is 0 Å². The summed E-state index contributed by atoms with van der Waals surface area (Å²) in [6.07, 6.45) is 5.14. The van der Waals surface area contributed by atoms with Crippen molar-refractivity contribution in [2.45, 2.75) is 32.2 Å². The van der Waals surface area contributed by atoms with Gasteiger partial charge in [-0.15, -0.1) is 0 Å². The van der Waals surface area contributed by atoms with E-state index in [9.17, 15) is 9.59 Å². The predicted molar refractivity (Wildman–Crippen MR) is 76.0 cm³/mol. The molecule has 110 valence electrons. The van der Waals surface area contributed by atoms with E-state index >= 15 is 0 Å². The van der Waals surface area contributed by atoms with Crippen molar-refractivity contribution < 1.29 is 14.7 Å². The van der Waals surface area contributed by atoms with E-state index in [0.29, 0.717) is 18.7 Å². The molecule has 21 heavy (non-hydrogen) atoms. The molecule has 0 bridgehead atoms. The average Bonchev–Trinajstić information content (AvgIpc) is 3.03. The van der Waals surface area contributed by atoms with Crippen LogP contribution in [0.5, 0.6) is 0 Å². The van der Waals surface area contributed by atoms with E-state index < -0.39 is 12.0 Å². The number of aryl methyl sites for hydroxylation is 1. The second-order valence-electron chi connectivity index (χ2n) is 5.46. The summed E-state index contributed by atoms with van der Waals surface area (Å²) < 4.78 is 1.87. The van der Waals surface area contributed by atoms with E-state index in [1.807, 2.05) is 35.9 Å². The van der Waals surface area contributed by atoms with Crippen molar-refractivity contribution >= 4 is 17.5 Å². The first kappa shape index (κ1) is 13.6. The van der Waals surface area contributed by atoms with Crippen LogP contribution in [0.4, 0.5) is 0 Å². The number of likely N-dealkylation sites (tertiary alicyclic amines) is 1. The second-order valence-corrected chi connectivity index (χ2v) is 5.46. The number of carboxylic acids is 1. The fraction of sp³-hybridized carbons (Fsp3) is 0.400. The van der Waals surface area contributed by atoms with Crippen LogP contribution < -0.4 is 0 Å². The van der Waals surface area contributed by atoms with Crippen LogP contribution in [0.15, 0.2) is 24.5 Å². The number of carboxylic acid groups (broad SMARTS) is 1. The third kappa shape index (κ3) is 2.61. The molecule has 0 radical (unpaired) electrons. The number of aromatic nitrogens is 2. The lowest BCUT2D eigenvalue weighted by Crippen LogP contribution is -2.41. The summed E-state index contributed by atoms with van der Waals surface area (Å²) in [5.41, 5.74) is 2.58. The molecule has 2 aromatic rings. The number of rotatable bonds is 3. The van der Waals surface area contributed by atoms with Crippen LogP contribution >= 0.6 is 0 Å². The van der Waals surface area contributed by atoms with Gasteiger partial charge in [-0.25, -0.2) is 9.78 Å². The molecule has 0 aromatic carbocycles. The van der Waals surface area contributed by atoms with Gasteiger partial charge in [0.05, 0.1) is 12.1 Å². The van der Waals surface area contributed by atoms with E-state index in [0.717, 1.165) is 17.6 Å². The number of aliphatic carboxylic acids is 1. The summed E-state index contributed by atoms with van der Waals surface area (Å²) in [6.45, 7) is 2.50. The highest BCUT2D eigenvalue weighted by atomic mass is 16.4. The maximum atomic E-state index is 12.3.